The number of hydrogen-bond acceptors (Lipinski definition) is 4. The third-order valence-electron chi connectivity index (χ3n) is 1.07. The average molecular weight is 177 g/mol. The van der Waals surface area contributed by atoms with Crippen LogP contribution in [-0.2, 0) is 9.59 Å². The average Bonchev–Trinajstić information content (AvgIpc) is 1.84. The highest BCUT2D eigenvalue weighted by molar-refractivity contribution is 5.69. The molecule has 0 aromatic rings. The van der Waals surface area contributed by atoms with E-state index in [2.05, 4.69) is 5.32 Å². The van der Waals surface area contributed by atoms with Gasteiger partial charge in [-0.2, -0.15) is 0 Å². The quantitative estimate of drug-likeness (QED) is 0.393. The third-order valence-corrected chi connectivity index (χ3v) is 1.07. The standard InChI is InChI=1S/C6H11NO5/c8-4(1-5(9)10)2-7-3-6(11)12/h4,7-8H,1-3H2,(H,9,10)(H,11,12)/t4-/m0/s1. The number of nitrogens with one attached hydrogen (secondary N) is 1. The summed E-state index contributed by atoms with van der Waals surface area (Å²) in [5.74, 6) is -2.16. The van der Waals surface area contributed by atoms with Crippen LogP contribution in [-0.4, -0.2) is 46.5 Å². The second-order valence-electron chi connectivity index (χ2n) is 2.28. The molecule has 0 aromatic heterocycles. The first kappa shape index (κ1) is 10.9. The summed E-state index contributed by atoms with van der Waals surface area (Å²) < 4.78 is 0. The predicted octanol–water partition coefficient (Wildman–Crippen LogP) is -1.50. The number of carbonyl (C=O) groups is 2. The fourth-order valence-corrected chi connectivity index (χ4v) is 0.619. The molecule has 0 spiro atoms. The van der Waals surface area contributed by atoms with E-state index in [4.69, 9.17) is 15.3 Å². The number of hydrogen-bond donors (Lipinski definition) is 4. The molecule has 4 N–H and O–H groups in total. The number of carboxylic acids is 2. The first-order valence-electron chi connectivity index (χ1n) is 3.34. The van der Waals surface area contributed by atoms with E-state index in [1.807, 2.05) is 0 Å². The zero-order valence-corrected chi connectivity index (χ0v) is 6.36. The van der Waals surface area contributed by atoms with Crippen LogP contribution in [0.25, 0.3) is 0 Å². The zero-order chi connectivity index (χ0) is 9.56. The van der Waals surface area contributed by atoms with E-state index >= 15 is 0 Å². The van der Waals surface area contributed by atoms with Crippen LogP contribution >= 0.6 is 0 Å². The maximum Gasteiger partial charge on any atom is 0.317 e. The van der Waals surface area contributed by atoms with Gasteiger partial charge in [-0.3, -0.25) is 9.59 Å². The molecule has 0 aliphatic carbocycles. The van der Waals surface area contributed by atoms with Gasteiger partial charge in [0.15, 0.2) is 0 Å². The Bertz CT molecular complexity index is 169. The van der Waals surface area contributed by atoms with E-state index in [0.29, 0.717) is 0 Å². The number of aliphatic hydroxyl groups is 1. The van der Waals surface area contributed by atoms with Gasteiger partial charge in [-0.05, 0) is 0 Å². The van der Waals surface area contributed by atoms with Crippen molar-refractivity contribution in [1.29, 1.82) is 0 Å². The first-order chi connectivity index (χ1) is 5.52. The van der Waals surface area contributed by atoms with Crippen LogP contribution in [0.5, 0.6) is 0 Å². The minimum Gasteiger partial charge on any atom is -0.481 e. The van der Waals surface area contributed by atoms with E-state index < -0.39 is 18.0 Å². The molecular weight excluding hydrogens is 166 g/mol. The van der Waals surface area contributed by atoms with Crippen molar-refractivity contribution in [3.8, 4) is 0 Å². The van der Waals surface area contributed by atoms with Gasteiger partial charge >= 0.3 is 11.9 Å². The molecule has 0 aliphatic rings. The normalized spacial score (nSPS) is 12.4. The highest BCUT2D eigenvalue weighted by atomic mass is 16.4. The predicted molar refractivity (Wildman–Crippen MR) is 38.8 cm³/mol. The lowest BCUT2D eigenvalue weighted by molar-refractivity contribution is -0.139. The van der Waals surface area contributed by atoms with Crippen LogP contribution in [0.1, 0.15) is 6.42 Å². The number of aliphatic hydroxyl groups excluding tert-OH is 1. The molecule has 0 rings (SSSR count). The molecule has 0 heterocycles. The fourth-order valence-electron chi connectivity index (χ4n) is 0.619. The minimum atomic E-state index is -1.11. The number of aliphatic carboxylic acids is 2. The van der Waals surface area contributed by atoms with Crippen molar-refractivity contribution in [3.63, 3.8) is 0 Å². The molecule has 1 atom stereocenters. The van der Waals surface area contributed by atoms with E-state index in [1.54, 1.807) is 0 Å². The van der Waals surface area contributed by atoms with Crippen LogP contribution in [0, 0.1) is 0 Å². The fraction of sp³-hybridized carbons (Fsp3) is 0.667. The van der Waals surface area contributed by atoms with Gasteiger partial charge in [-0.1, -0.05) is 0 Å². The Kier molecular flexibility index (Phi) is 4.98. The summed E-state index contributed by atoms with van der Waals surface area (Å²) in [6, 6.07) is 0. The van der Waals surface area contributed by atoms with Gasteiger partial charge < -0.3 is 20.6 Å². The van der Waals surface area contributed by atoms with Crippen molar-refractivity contribution in [2.24, 2.45) is 0 Å². The molecule has 0 saturated carbocycles. The molecule has 6 heteroatoms. The number of carboxylic acid groups (broad SMARTS) is 2. The molecule has 6 nitrogen and oxygen atoms in total. The molecular formula is C6H11NO5. The molecule has 0 amide bonds. The lowest BCUT2D eigenvalue weighted by atomic mass is 10.2. The van der Waals surface area contributed by atoms with Gasteiger partial charge in [-0.25, -0.2) is 0 Å². The summed E-state index contributed by atoms with van der Waals surface area (Å²) in [4.78, 5) is 19.9. The molecule has 0 bridgehead atoms. The molecule has 0 radical (unpaired) electrons. The topological polar surface area (TPSA) is 107 Å². The second-order valence-corrected chi connectivity index (χ2v) is 2.28. The van der Waals surface area contributed by atoms with Gasteiger partial charge in [0.05, 0.1) is 19.1 Å². The van der Waals surface area contributed by atoms with E-state index in [-0.39, 0.29) is 19.5 Å². The summed E-state index contributed by atoms with van der Waals surface area (Å²) in [5, 5.41) is 27.6. The Morgan fingerprint density at radius 3 is 2.25 bits per heavy atom. The SMILES string of the molecule is O=C(O)CNC[C@@H](O)CC(=O)O. The van der Waals surface area contributed by atoms with Crippen LogP contribution in [0.3, 0.4) is 0 Å². The molecule has 0 aliphatic heterocycles. The maximum atomic E-state index is 10.0. The summed E-state index contributed by atoms with van der Waals surface area (Å²) in [6.45, 7) is -0.310. The Morgan fingerprint density at radius 2 is 1.83 bits per heavy atom. The highest BCUT2D eigenvalue weighted by Crippen LogP contribution is 1.88. The Balaban J connectivity index is 3.37. The minimum absolute atomic E-state index is 0.0292. The number of rotatable bonds is 6. The van der Waals surface area contributed by atoms with Crippen molar-refractivity contribution < 1.29 is 24.9 Å². The summed E-state index contributed by atoms with van der Waals surface area (Å²) in [6.07, 6.45) is -1.42. The van der Waals surface area contributed by atoms with E-state index in [9.17, 15) is 9.59 Å². The molecule has 0 aromatic carbocycles. The summed E-state index contributed by atoms with van der Waals surface area (Å²) in [7, 11) is 0. The van der Waals surface area contributed by atoms with Crippen LogP contribution in [0.2, 0.25) is 0 Å². The Labute approximate surface area is 68.8 Å². The Hall–Kier alpha value is -1.14. The molecule has 0 unspecified atom stereocenters. The molecule has 0 fully saturated rings. The Morgan fingerprint density at radius 1 is 1.25 bits per heavy atom. The lowest BCUT2D eigenvalue weighted by Crippen LogP contribution is -2.32. The van der Waals surface area contributed by atoms with Crippen molar-refractivity contribution in [2.75, 3.05) is 13.1 Å². The second kappa shape index (κ2) is 5.50. The lowest BCUT2D eigenvalue weighted by Gasteiger charge is -2.06. The highest BCUT2D eigenvalue weighted by Gasteiger charge is 2.08. The summed E-state index contributed by atoms with van der Waals surface area (Å²) >= 11 is 0. The van der Waals surface area contributed by atoms with Crippen molar-refractivity contribution in [2.45, 2.75) is 12.5 Å². The smallest absolute Gasteiger partial charge is 0.317 e. The third kappa shape index (κ3) is 6.97. The molecule has 70 valence electrons. The van der Waals surface area contributed by atoms with Crippen LogP contribution in [0.15, 0.2) is 0 Å². The maximum absolute atomic E-state index is 10.0. The van der Waals surface area contributed by atoms with Crippen LogP contribution < -0.4 is 5.32 Å². The van der Waals surface area contributed by atoms with Gasteiger partial charge in [0.25, 0.3) is 0 Å². The van der Waals surface area contributed by atoms with Gasteiger partial charge in [-0.15, -0.1) is 0 Å². The van der Waals surface area contributed by atoms with Crippen molar-refractivity contribution in [1.82, 2.24) is 5.32 Å². The first-order valence-corrected chi connectivity index (χ1v) is 3.34. The van der Waals surface area contributed by atoms with Gasteiger partial charge in [0.2, 0.25) is 0 Å². The van der Waals surface area contributed by atoms with Crippen molar-refractivity contribution >= 4 is 11.9 Å². The zero-order valence-electron chi connectivity index (χ0n) is 6.36. The van der Waals surface area contributed by atoms with Gasteiger partial charge in [0.1, 0.15) is 0 Å². The largest absolute Gasteiger partial charge is 0.481 e. The monoisotopic (exact) mass is 177 g/mol. The summed E-state index contributed by atoms with van der Waals surface area (Å²) in [5.41, 5.74) is 0. The van der Waals surface area contributed by atoms with Crippen molar-refractivity contribution in [3.05, 3.63) is 0 Å². The van der Waals surface area contributed by atoms with E-state index in [0.717, 1.165) is 0 Å². The molecule has 0 saturated heterocycles. The van der Waals surface area contributed by atoms with E-state index in [1.165, 1.54) is 0 Å². The van der Waals surface area contributed by atoms with Gasteiger partial charge in [0, 0.05) is 6.54 Å². The molecule has 12 heavy (non-hydrogen) atoms. The van der Waals surface area contributed by atoms with Crippen LogP contribution in [0.4, 0.5) is 0 Å².